The van der Waals surface area contributed by atoms with Crippen molar-refractivity contribution in [3.05, 3.63) is 64.7 Å². The molecule has 2 rings (SSSR count). The van der Waals surface area contributed by atoms with E-state index < -0.39 is 11.6 Å². The summed E-state index contributed by atoms with van der Waals surface area (Å²) >= 11 is 5.82. The van der Waals surface area contributed by atoms with Crippen LogP contribution in [0.25, 0.3) is 0 Å². The third-order valence-electron chi connectivity index (χ3n) is 3.39. The minimum Gasteiger partial charge on any atom is -0.478 e. The molecule has 0 aliphatic carbocycles. The van der Waals surface area contributed by atoms with E-state index >= 15 is 0 Å². The monoisotopic (exact) mass is 347 g/mol. The van der Waals surface area contributed by atoms with Gasteiger partial charge in [-0.2, -0.15) is 0 Å². The number of hydrogen-bond donors (Lipinski definition) is 2. The molecule has 0 atom stereocenters. The zero-order valence-electron chi connectivity index (χ0n) is 13.4. The first-order valence-electron chi connectivity index (χ1n) is 7.33. The fraction of sp³-hybridized carbons (Fsp3) is 0.222. The van der Waals surface area contributed by atoms with Gasteiger partial charge in [-0.25, -0.2) is 4.79 Å². The minimum atomic E-state index is -1.06. The van der Waals surface area contributed by atoms with Crippen LogP contribution in [-0.4, -0.2) is 22.6 Å². The molecule has 2 aromatic carbocycles. The second kappa shape index (κ2) is 7.36. The molecule has 24 heavy (non-hydrogen) atoms. The van der Waals surface area contributed by atoms with Gasteiger partial charge in [-0.15, -0.1) is 0 Å². The van der Waals surface area contributed by atoms with E-state index in [4.69, 9.17) is 21.4 Å². The van der Waals surface area contributed by atoms with Gasteiger partial charge in [0.1, 0.15) is 5.75 Å². The lowest BCUT2D eigenvalue weighted by atomic mass is 10.1. The SMILES string of the molecule is CC(C)(Oc1ccc(Cl)cc1)C(=O)NCc1ccc(C(=O)O)cc1. The third kappa shape index (κ3) is 4.73. The summed E-state index contributed by atoms with van der Waals surface area (Å²) in [5, 5.41) is 12.2. The lowest BCUT2D eigenvalue weighted by molar-refractivity contribution is -0.134. The largest absolute Gasteiger partial charge is 0.478 e. The molecule has 2 N–H and O–H groups in total. The molecule has 0 saturated heterocycles. The maximum absolute atomic E-state index is 12.3. The average Bonchev–Trinajstić information content (AvgIpc) is 2.55. The van der Waals surface area contributed by atoms with Crippen molar-refractivity contribution in [2.24, 2.45) is 0 Å². The molecule has 0 bridgehead atoms. The van der Waals surface area contributed by atoms with Gasteiger partial charge in [0.15, 0.2) is 5.60 Å². The van der Waals surface area contributed by atoms with Crippen LogP contribution in [0.3, 0.4) is 0 Å². The molecule has 0 unspecified atom stereocenters. The topological polar surface area (TPSA) is 75.6 Å². The number of carboxylic acids is 1. The maximum Gasteiger partial charge on any atom is 0.335 e. The molecule has 0 spiro atoms. The van der Waals surface area contributed by atoms with Gasteiger partial charge in [-0.1, -0.05) is 23.7 Å². The van der Waals surface area contributed by atoms with Crippen molar-refractivity contribution in [3.8, 4) is 5.75 Å². The highest BCUT2D eigenvalue weighted by atomic mass is 35.5. The van der Waals surface area contributed by atoms with Crippen molar-refractivity contribution in [2.75, 3.05) is 0 Å². The molecule has 0 saturated carbocycles. The van der Waals surface area contributed by atoms with Gasteiger partial charge >= 0.3 is 5.97 Å². The van der Waals surface area contributed by atoms with Crippen LogP contribution in [0.1, 0.15) is 29.8 Å². The zero-order valence-corrected chi connectivity index (χ0v) is 14.1. The maximum atomic E-state index is 12.3. The van der Waals surface area contributed by atoms with Crippen molar-refractivity contribution in [1.29, 1.82) is 0 Å². The molecule has 5 nitrogen and oxygen atoms in total. The molecule has 0 aliphatic heterocycles. The van der Waals surface area contributed by atoms with Crippen LogP contribution in [0.5, 0.6) is 5.75 Å². The van der Waals surface area contributed by atoms with Crippen molar-refractivity contribution in [3.63, 3.8) is 0 Å². The minimum absolute atomic E-state index is 0.205. The van der Waals surface area contributed by atoms with Gasteiger partial charge < -0.3 is 15.2 Å². The molecule has 6 heteroatoms. The fourth-order valence-electron chi connectivity index (χ4n) is 2.00. The zero-order chi connectivity index (χ0) is 17.7. The second-order valence-electron chi connectivity index (χ2n) is 5.75. The van der Waals surface area contributed by atoms with Crippen molar-refractivity contribution in [2.45, 2.75) is 26.0 Å². The van der Waals surface area contributed by atoms with E-state index in [9.17, 15) is 9.59 Å². The lowest BCUT2D eigenvalue weighted by Gasteiger charge is -2.25. The van der Waals surface area contributed by atoms with Gasteiger partial charge in [-0.05, 0) is 55.8 Å². The molecule has 0 fully saturated rings. The molecular formula is C18H18ClNO4. The van der Waals surface area contributed by atoms with Crippen molar-refractivity contribution < 1.29 is 19.4 Å². The molecule has 1 amide bonds. The number of ether oxygens (including phenoxy) is 1. The first-order chi connectivity index (χ1) is 11.3. The number of nitrogens with one attached hydrogen (secondary N) is 1. The Morgan fingerprint density at radius 1 is 1.08 bits per heavy atom. The van der Waals surface area contributed by atoms with Crippen LogP contribution >= 0.6 is 11.6 Å². The van der Waals surface area contributed by atoms with E-state index in [1.165, 1.54) is 12.1 Å². The summed E-state index contributed by atoms with van der Waals surface area (Å²) in [4.78, 5) is 23.1. The summed E-state index contributed by atoms with van der Waals surface area (Å²) in [7, 11) is 0. The highest BCUT2D eigenvalue weighted by Gasteiger charge is 2.29. The number of benzene rings is 2. The van der Waals surface area contributed by atoms with Gasteiger partial charge in [0.25, 0.3) is 5.91 Å². The molecule has 0 radical (unpaired) electrons. The Balaban J connectivity index is 1.94. The van der Waals surface area contributed by atoms with E-state index in [1.54, 1.807) is 50.2 Å². The van der Waals surface area contributed by atoms with E-state index in [1.807, 2.05) is 0 Å². The summed E-state index contributed by atoms with van der Waals surface area (Å²) in [6, 6.07) is 13.1. The standard InChI is InChI=1S/C18H18ClNO4/c1-18(2,24-15-9-7-14(19)8-10-15)17(23)20-11-12-3-5-13(6-4-12)16(21)22/h3-10H,11H2,1-2H3,(H,20,23)(H,21,22). The predicted molar refractivity (Wildman–Crippen MR) is 91.4 cm³/mol. The van der Waals surface area contributed by atoms with Gasteiger partial charge in [-0.3, -0.25) is 4.79 Å². The van der Waals surface area contributed by atoms with Crippen LogP contribution in [0.15, 0.2) is 48.5 Å². The number of carboxylic acid groups (broad SMARTS) is 1. The Kier molecular flexibility index (Phi) is 5.46. The third-order valence-corrected chi connectivity index (χ3v) is 3.64. The highest BCUT2D eigenvalue weighted by molar-refractivity contribution is 6.30. The Morgan fingerprint density at radius 2 is 1.67 bits per heavy atom. The molecule has 0 aliphatic rings. The molecule has 0 aromatic heterocycles. The number of amides is 1. The summed E-state index contributed by atoms with van der Waals surface area (Å²) in [6.07, 6.45) is 0. The fourth-order valence-corrected chi connectivity index (χ4v) is 2.13. The first kappa shape index (κ1) is 17.8. The Morgan fingerprint density at radius 3 is 2.21 bits per heavy atom. The molecule has 126 valence electrons. The van der Waals surface area contributed by atoms with E-state index in [0.717, 1.165) is 5.56 Å². The van der Waals surface area contributed by atoms with Crippen LogP contribution in [0, 0.1) is 0 Å². The average molecular weight is 348 g/mol. The van der Waals surface area contributed by atoms with Crippen LogP contribution in [-0.2, 0) is 11.3 Å². The molecule has 0 heterocycles. The lowest BCUT2D eigenvalue weighted by Crippen LogP contribution is -2.46. The number of aromatic carboxylic acids is 1. The first-order valence-corrected chi connectivity index (χ1v) is 7.71. The van der Waals surface area contributed by atoms with Crippen molar-refractivity contribution >= 4 is 23.5 Å². The predicted octanol–water partition coefficient (Wildman–Crippen LogP) is 3.51. The summed E-state index contributed by atoms with van der Waals surface area (Å²) in [5.41, 5.74) is -0.0541. The molecule has 2 aromatic rings. The number of carbonyl (C=O) groups excluding carboxylic acids is 1. The number of rotatable bonds is 6. The van der Waals surface area contributed by atoms with Gasteiger partial charge in [0, 0.05) is 11.6 Å². The van der Waals surface area contributed by atoms with E-state index in [2.05, 4.69) is 5.32 Å². The van der Waals surface area contributed by atoms with Crippen molar-refractivity contribution in [1.82, 2.24) is 5.32 Å². The van der Waals surface area contributed by atoms with Crippen LogP contribution in [0.4, 0.5) is 0 Å². The summed E-state index contributed by atoms with van der Waals surface area (Å²) in [5.74, 6) is -0.715. The van der Waals surface area contributed by atoms with E-state index in [0.29, 0.717) is 10.8 Å². The summed E-state index contributed by atoms with van der Waals surface area (Å²) in [6.45, 7) is 3.63. The van der Waals surface area contributed by atoms with Crippen LogP contribution < -0.4 is 10.1 Å². The highest BCUT2D eigenvalue weighted by Crippen LogP contribution is 2.21. The Bertz CT molecular complexity index is 724. The number of hydrogen-bond acceptors (Lipinski definition) is 3. The normalized spacial score (nSPS) is 11.0. The second-order valence-corrected chi connectivity index (χ2v) is 6.19. The number of halogens is 1. The molecular weight excluding hydrogens is 330 g/mol. The quantitative estimate of drug-likeness (QED) is 0.838. The van der Waals surface area contributed by atoms with E-state index in [-0.39, 0.29) is 18.0 Å². The Labute approximate surface area is 145 Å². The van der Waals surface area contributed by atoms with Gasteiger partial charge in [0.2, 0.25) is 0 Å². The summed E-state index contributed by atoms with van der Waals surface area (Å²) < 4.78 is 5.71. The van der Waals surface area contributed by atoms with Crippen LogP contribution in [0.2, 0.25) is 5.02 Å². The van der Waals surface area contributed by atoms with Gasteiger partial charge in [0.05, 0.1) is 5.56 Å². The Hall–Kier alpha value is -2.53. The number of carbonyl (C=O) groups is 2. The smallest absolute Gasteiger partial charge is 0.335 e.